The Labute approximate surface area is 208 Å². The molecule has 0 spiro atoms. The van der Waals surface area contributed by atoms with Crippen LogP contribution in [0.5, 0.6) is 0 Å². The molecule has 1 N–H and O–H groups in total. The summed E-state index contributed by atoms with van der Waals surface area (Å²) < 4.78 is 2.65. The lowest BCUT2D eigenvalue weighted by atomic mass is 10.0. The van der Waals surface area contributed by atoms with Gasteiger partial charge in [0.1, 0.15) is 10.8 Å². The number of aromatic nitrogens is 3. The molecule has 6 nitrogen and oxygen atoms in total. The van der Waals surface area contributed by atoms with E-state index in [1.54, 1.807) is 42.5 Å². The van der Waals surface area contributed by atoms with Crippen molar-refractivity contribution in [2.45, 2.75) is 26.8 Å². The predicted molar refractivity (Wildman–Crippen MR) is 134 cm³/mol. The van der Waals surface area contributed by atoms with Gasteiger partial charge in [-0.25, -0.2) is 0 Å². The molecule has 9 heteroatoms. The van der Waals surface area contributed by atoms with Crippen molar-refractivity contribution >= 4 is 50.6 Å². The molecule has 0 aliphatic heterocycles. The Kier molecular flexibility index (Phi) is 7.07. The predicted octanol–water partition coefficient (Wildman–Crippen LogP) is 5.78. The number of carbonyl (C=O) groups is 2. The van der Waals surface area contributed by atoms with Crippen molar-refractivity contribution < 1.29 is 9.59 Å². The van der Waals surface area contributed by atoms with E-state index in [1.807, 2.05) is 30.5 Å². The van der Waals surface area contributed by atoms with Gasteiger partial charge in [-0.2, -0.15) is 0 Å². The first kappa shape index (κ1) is 23.4. The maximum absolute atomic E-state index is 13.4. The zero-order valence-electron chi connectivity index (χ0n) is 17.9. The average molecular weight is 544 g/mol. The van der Waals surface area contributed by atoms with E-state index in [9.17, 15) is 9.59 Å². The summed E-state index contributed by atoms with van der Waals surface area (Å²) in [6, 6.07) is 16.0. The molecule has 1 amide bonds. The fourth-order valence-corrected chi connectivity index (χ4v) is 5.18. The molecule has 4 aromatic rings. The van der Waals surface area contributed by atoms with Crippen LogP contribution in [0.3, 0.4) is 0 Å². The minimum atomic E-state index is -0.226. The molecule has 168 valence electrons. The summed E-state index contributed by atoms with van der Waals surface area (Å²) >= 11 is 11.2. The fourth-order valence-electron chi connectivity index (χ4n) is 3.40. The molecule has 2 heterocycles. The smallest absolute Gasteiger partial charge is 0.251 e. The summed E-state index contributed by atoms with van der Waals surface area (Å²) in [7, 11) is 0. The van der Waals surface area contributed by atoms with Crippen LogP contribution < -0.4 is 5.32 Å². The summed E-state index contributed by atoms with van der Waals surface area (Å²) in [5.74, 6) is 0.771. The van der Waals surface area contributed by atoms with Gasteiger partial charge in [0.25, 0.3) is 5.91 Å². The van der Waals surface area contributed by atoms with Gasteiger partial charge in [0.15, 0.2) is 11.6 Å². The second-order valence-electron chi connectivity index (χ2n) is 7.29. The zero-order chi connectivity index (χ0) is 23.5. The highest BCUT2D eigenvalue weighted by atomic mass is 79.9. The molecule has 0 atom stereocenters. The van der Waals surface area contributed by atoms with E-state index < -0.39 is 0 Å². The van der Waals surface area contributed by atoms with E-state index in [0.717, 1.165) is 15.8 Å². The van der Waals surface area contributed by atoms with Crippen LogP contribution in [0.15, 0.2) is 59.1 Å². The molecule has 0 aliphatic carbocycles. The lowest BCUT2D eigenvalue weighted by molar-refractivity contribution is 0.0948. The van der Waals surface area contributed by atoms with Crippen LogP contribution >= 0.6 is 38.9 Å². The first-order valence-electron chi connectivity index (χ1n) is 10.3. The van der Waals surface area contributed by atoms with Crippen molar-refractivity contribution in [1.29, 1.82) is 0 Å². The van der Waals surface area contributed by atoms with Crippen molar-refractivity contribution in [2.24, 2.45) is 0 Å². The van der Waals surface area contributed by atoms with E-state index in [0.29, 0.717) is 38.4 Å². The highest BCUT2D eigenvalue weighted by Crippen LogP contribution is 2.32. The van der Waals surface area contributed by atoms with Crippen LogP contribution in [-0.2, 0) is 13.0 Å². The second kappa shape index (κ2) is 9.99. The third-order valence-electron chi connectivity index (χ3n) is 5.06. The minimum absolute atomic E-state index is 0.158. The molecule has 4 rings (SSSR count). The number of benzene rings is 2. The van der Waals surface area contributed by atoms with Crippen LogP contribution in [0.2, 0.25) is 5.02 Å². The zero-order valence-corrected chi connectivity index (χ0v) is 21.1. The van der Waals surface area contributed by atoms with Crippen molar-refractivity contribution in [2.75, 3.05) is 0 Å². The summed E-state index contributed by atoms with van der Waals surface area (Å²) in [6.45, 7) is 4.02. The molecule has 0 radical (unpaired) electrons. The number of rotatable bonds is 7. The number of ketones is 1. The summed E-state index contributed by atoms with van der Waals surface area (Å²) in [6.07, 6.45) is 0.781. The SMILES string of the molecule is CCc1cc(C(=O)c2ccccc2Cl)c(-n2c(C)nnc2CNC(=O)c2cccc(Br)c2)s1. The Balaban J connectivity index is 1.68. The number of hydrogen-bond donors (Lipinski definition) is 1. The molecule has 0 saturated carbocycles. The Morgan fingerprint density at radius 2 is 1.88 bits per heavy atom. The van der Waals surface area contributed by atoms with Gasteiger partial charge in [0.2, 0.25) is 0 Å². The molecule has 0 bridgehead atoms. The van der Waals surface area contributed by atoms with Crippen LogP contribution in [0.1, 0.15) is 49.7 Å². The number of nitrogens with one attached hydrogen (secondary N) is 1. The van der Waals surface area contributed by atoms with Gasteiger partial charge in [-0.05, 0) is 49.7 Å². The molecule has 2 aromatic heterocycles. The molecule has 0 unspecified atom stereocenters. The number of thiophene rings is 1. The van der Waals surface area contributed by atoms with E-state index in [1.165, 1.54) is 11.3 Å². The standard InChI is InChI=1S/C24H20BrClN4O2S/c1-3-17-12-19(22(31)18-9-4-5-10-20(18)26)24(33-17)30-14(2)28-29-21(30)13-27-23(32)15-7-6-8-16(25)11-15/h4-12H,3,13H2,1-2H3,(H,27,32). The number of halogens is 2. The first-order chi connectivity index (χ1) is 15.9. The summed E-state index contributed by atoms with van der Waals surface area (Å²) in [4.78, 5) is 27.1. The molecular formula is C24H20BrClN4O2S. The highest BCUT2D eigenvalue weighted by molar-refractivity contribution is 9.10. The maximum atomic E-state index is 13.4. The molecular weight excluding hydrogens is 524 g/mol. The van der Waals surface area contributed by atoms with E-state index in [4.69, 9.17) is 11.6 Å². The van der Waals surface area contributed by atoms with Crippen molar-refractivity contribution in [3.05, 3.63) is 97.3 Å². The quantitative estimate of drug-likeness (QED) is 0.300. The Morgan fingerprint density at radius 3 is 2.61 bits per heavy atom. The van der Waals surface area contributed by atoms with Crippen LogP contribution in [-0.4, -0.2) is 26.5 Å². The summed E-state index contributed by atoms with van der Waals surface area (Å²) in [5.41, 5.74) is 1.51. The Bertz CT molecular complexity index is 1350. The highest BCUT2D eigenvalue weighted by Gasteiger charge is 2.24. The minimum Gasteiger partial charge on any atom is -0.345 e. The number of carbonyl (C=O) groups excluding carboxylic acids is 2. The van der Waals surface area contributed by atoms with Crippen molar-refractivity contribution in [3.8, 4) is 5.00 Å². The van der Waals surface area contributed by atoms with Crippen LogP contribution in [0, 0.1) is 6.92 Å². The van der Waals surface area contributed by atoms with Crippen LogP contribution in [0.25, 0.3) is 5.00 Å². The van der Waals surface area contributed by atoms with E-state index >= 15 is 0 Å². The molecule has 2 aromatic carbocycles. The molecule has 33 heavy (non-hydrogen) atoms. The average Bonchev–Trinajstić information content (AvgIpc) is 3.40. The van der Waals surface area contributed by atoms with E-state index in [2.05, 4.69) is 31.4 Å². The third kappa shape index (κ3) is 4.93. The maximum Gasteiger partial charge on any atom is 0.251 e. The fraction of sp³-hybridized carbons (Fsp3) is 0.167. The monoisotopic (exact) mass is 542 g/mol. The van der Waals surface area contributed by atoms with Gasteiger partial charge < -0.3 is 5.32 Å². The Morgan fingerprint density at radius 1 is 1.09 bits per heavy atom. The van der Waals surface area contributed by atoms with Gasteiger partial charge in [-0.3, -0.25) is 14.2 Å². The normalized spacial score (nSPS) is 10.9. The van der Waals surface area contributed by atoms with Gasteiger partial charge in [0.05, 0.1) is 17.1 Å². The molecule has 0 aliphatic rings. The van der Waals surface area contributed by atoms with E-state index in [-0.39, 0.29) is 18.2 Å². The second-order valence-corrected chi connectivity index (χ2v) is 9.72. The van der Waals surface area contributed by atoms with Crippen molar-refractivity contribution in [1.82, 2.24) is 20.1 Å². The van der Waals surface area contributed by atoms with Gasteiger partial charge in [0, 0.05) is 20.5 Å². The van der Waals surface area contributed by atoms with Gasteiger partial charge in [-0.15, -0.1) is 21.5 Å². The van der Waals surface area contributed by atoms with Gasteiger partial charge >= 0.3 is 0 Å². The van der Waals surface area contributed by atoms with Crippen LogP contribution in [0.4, 0.5) is 0 Å². The number of aryl methyl sites for hydroxylation is 2. The molecule has 0 fully saturated rings. The topological polar surface area (TPSA) is 76.9 Å². The number of hydrogen-bond acceptors (Lipinski definition) is 5. The first-order valence-corrected chi connectivity index (χ1v) is 12.2. The number of amides is 1. The Hall–Kier alpha value is -2.81. The largest absolute Gasteiger partial charge is 0.345 e. The third-order valence-corrected chi connectivity index (χ3v) is 7.15. The van der Waals surface area contributed by atoms with Crippen molar-refractivity contribution in [3.63, 3.8) is 0 Å². The lowest BCUT2D eigenvalue weighted by Crippen LogP contribution is -2.24. The number of nitrogens with zero attached hydrogens (tertiary/aromatic N) is 3. The molecule has 0 saturated heterocycles. The van der Waals surface area contributed by atoms with Gasteiger partial charge in [-0.1, -0.05) is 52.7 Å². The summed E-state index contributed by atoms with van der Waals surface area (Å²) in [5, 5.41) is 12.5. The lowest BCUT2D eigenvalue weighted by Gasteiger charge is -2.11.